The number of hydrogen-bond acceptors (Lipinski definition) is 2. The van der Waals surface area contributed by atoms with E-state index in [2.05, 4.69) is 17.1 Å². The van der Waals surface area contributed by atoms with Gasteiger partial charge in [0, 0.05) is 10.6 Å². The first-order chi connectivity index (χ1) is 5.25. The molecule has 11 heavy (non-hydrogen) atoms. The molecule has 60 valence electrons. The van der Waals surface area contributed by atoms with Crippen molar-refractivity contribution in [1.82, 2.24) is 0 Å². The highest BCUT2D eigenvalue weighted by molar-refractivity contribution is 7.75. The highest BCUT2D eigenvalue weighted by atomic mass is 35.5. The van der Waals surface area contributed by atoms with E-state index in [-0.39, 0.29) is 12.4 Å². The molecule has 0 aromatic heterocycles. The highest BCUT2D eigenvalue weighted by Crippen LogP contribution is 2.19. The summed E-state index contributed by atoms with van der Waals surface area (Å²) in [4.78, 5) is 0. The predicted octanol–water partition coefficient (Wildman–Crippen LogP) is 2.84. The van der Waals surface area contributed by atoms with Crippen molar-refractivity contribution < 1.29 is 8.57 Å². The van der Waals surface area contributed by atoms with E-state index in [9.17, 15) is 4.39 Å². The SMILES string of the molecule is Fc1cccc(Cl)c1COS. The van der Waals surface area contributed by atoms with Crippen LogP contribution < -0.4 is 0 Å². The Kier molecular flexibility index (Phi) is 3.17. The summed E-state index contributed by atoms with van der Waals surface area (Å²) in [5.74, 6) is -0.369. The molecule has 0 aliphatic rings. The second-order valence-electron chi connectivity index (χ2n) is 1.97. The monoisotopic (exact) mass is 192 g/mol. The molecule has 1 aromatic rings. The molecular weight excluding hydrogens is 187 g/mol. The Morgan fingerprint density at radius 3 is 2.82 bits per heavy atom. The summed E-state index contributed by atoms with van der Waals surface area (Å²) in [6.45, 7) is 0.0780. The Bertz CT molecular complexity index is 234. The maximum absolute atomic E-state index is 12.8. The molecule has 0 saturated heterocycles. The third-order valence-corrected chi connectivity index (χ3v) is 1.75. The second kappa shape index (κ2) is 3.95. The summed E-state index contributed by atoms with van der Waals surface area (Å²) in [5.41, 5.74) is 0.337. The Hall–Kier alpha value is -0.250. The molecule has 0 saturated carbocycles. The molecule has 1 aromatic carbocycles. The van der Waals surface area contributed by atoms with Crippen LogP contribution in [0.5, 0.6) is 0 Å². The maximum atomic E-state index is 12.8. The van der Waals surface area contributed by atoms with E-state index >= 15 is 0 Å². The molecule has 0 atom stereocenters. The van der Waals surface area contributed by atoms with Crippen LogP contribution in [-0.4, -0.2) is 0 Å². The minimum absolute atomic E-state index is 0.0780. The Morgan fingerprint density at radius 1 is 1.55 bits per heavy atom. The fourth-order valence-electron chi connectivity index (χ4n) is 0.735. The van der Waals surface area contributed by atoms with Gasteiger partial charge in [0.2, 0.25) is 0 Å². The van der Waals surface area contributed by atoms with Gasteiger partial charge in [-0.1, -0.05) is 17.7 Å². The smallest absolute Gasteiger partial charge is 0.130 e. The highest BCUT2D eigenvalue weighted by Gasteiger charge is 2.04. The molecule has 0 N–H and O–H groups in total. The lowest BCUT2D eigenvalue weighted by molar-refractivity contribution is 0.362. The van der Waals surface area contributed by atoms with Gasteiger partial charge < -0.3 is 4.18 Å². The molecule has 0 bridgehead atoms. The van der Waals surface area contributed by atoms with Crippen molar-refractivity contribution in [2.45, 2.75) is 6.61 Å². The molecule has 0 radical (unpaired) electrons. The van der Waals surface area contributed by atoms with Gasteiger partial charge in [0.1, 0.15) is 5.82 Å². The molecule has 1 rings (SSSR count). The third kappa shape index (κ3) is 2.09. The fraction of sp³-hybridized carbons (Fsp3) is 0.143. The van der Waals surface area contributed by atoms with E-state index in [0.29, 0.717) is 10.6 Å². The van der Waals surface area contributed by atoms with E-state index in [1.54, 1.807) is 12.1 Å². The van der Waals surface area contributed by atoms with Crippen LogP contribution in [0, 0.1) is 5.82 Å². The maximum Gasteiger partial charge on any atom is 0.130 e. The number of hydrogen-bond donors (Lipinski definition) is 1. The molecule has 4 heteroatoms. The van der Waals surface area contributed by atoms with Gasteiger partial charge in [0.05, 0.1) is 6.61 Å². The summed E-state index contributed by atoms with van der Waals surface area (Å²) in [5, 5.41) is 0.360. The van der Waals surface area contributed by atoms with Crippen molar-refractivity contribution in [2.24, 2.45) is 0 Å². The second-order valence-corrected chi connectivity index (χ2v) is 2.64. The van der Waals surface area contributed by atoms with Crippen molar-refractivity contribution in [3.8, 4) is 0 Å². The number of thiol groups is 1. The van der Waals surface area contributed by atoms with Crippen LogP contribution >= 0.6 is 24.5 Å². The van der Waals surface area contributed by atoms with Crippen LogP contribution in [0.15, 0.2) is 18.2 Å². The van der Waals surface area contributed by atoms with Gasteiger partial charge in [-0.2, -0.15) is 0 Å². The molecule has 0 heterocycles. The van der Waals surface area contributed by atoms with E-state index in [1.807, 2.05) is 0 Å². The van der Waals surface area contributed by atoms with Crippen LogP contribution in [-0.2, 0) is 10.8 Å². The van der Waals surface area contributed by atoms with E-state index < -0.39 is 0 Å². The molecule has 0 fully saturated rings. The summed E-state index contributed by atoms with van der Waals surface area (Å²) < 4.78 is 17.3. The lowest BCUT2D eigenvalue weighted by Gasteiger charge is -2.01. The summed E-state index contributed by atoms with van der Waals surface area (Å²) in [6, 6.07) is 4.47. The average Bonchev–Trinajstić information content (AvgIpc) is 1.97. The Balaban J connectivity index is 3.00. The van der Waals surface area contributed by atoms with E-state index in [4.69, 9.17) is 11.6 Å². The number of halogens is 2. The van der Waals surface area contributed by atoms with Crippen LogP contribution in [0.3, 0.4) is 0 Å². The van der Waals surface area contributed by atoms with Crippen molar-refractivity contribution in [3.63, 3.8) is 0 Å². The summed E-state index contributed by atoms with van der Waals surface area (Å²) in [6.07, 6.45) is 0. The molecular formula is C7H6ClFOS. The number of rotatable bonds is 2. The molecule has 0 unspecified atom stereocenters. The first-order valence-corrected chi connectivity index (χ1v) is 3.69. The minimum atomic E-state index is -0.369. The van der Waals surface area contributed by atoms with Gasteiger partial charge in [0.25, 0.3) is 0 Å². The zero-order valence-electron chi connectivity index (χ0n) is 5.55. The van der Waals surface area contributed by atoms with Gasteiger partial charge >= 0.3 is 0 Å². The normalized spacial score (nSPS) is 10.1. The topological polar surface area (TPSA) is 9.23 Å². The molecule has 0 spiro atoms. The largest absolute Gasteiger partial charge is 0.314 e. The van der Waals surface area contributed by atoms with Crippen LogP contribution in [0.1, 0.15) is 5.56 Å². The van der Waals surface area contributed by atoms with Crippen LogP contribution in [0.2, 0.25) is 5.02 Å². The quantitative estimate of drug-likeness (QED) is 0.560. The van der Waals surface area contributed by atoms with Gasteiger partial charge in [-0.3, -0.25) is 0 Å². The minimum Gasteiger partial charge on any atom is -0.314 e. The summed E-state index contributed by atoms with van der Waals surface area (Å²) in [7, 11) is 0. The van der Waals surface area contributed by atoms with Crippen LogP contribution in [0.4, 0.5) is 4.39 Å². The fourth-order valence-corrected chi connectivity index (χ4v) is 1.08. The van der Waals surface area contributed by atoms with Gasteiger partial charge in [-0.15, -0.1) is 0 Å². The third-order valence-electron chi connectivity index (χ3n) is 1.27. The first kappa shape index (κ1) is 8.84. The van der Waals surface area contributed by atoms with E-state index in [1.165, 1.54) is 6.07 Å². The predicted molar refractivity (Wildman–Crippen MR) is 45.2 cm³/mol. The lowest BCUT2D eigenvalue weighted by Crippen LogP contribution is -1.90. The Morgan fingerprint density at radius 2 is 2.27 bits per heavy atom. The average molecular weight is 193 g/mol. The van der Waals surface area contributed by atoms with Crippen molar-refractivity contribution >= 4 is 24.5 Å². The number of benzene rings is 1. The molecule has 1 nitrogen and oxygen atoms in total. The molecule has 0 aliphatic heterocycles. The first-order valence-electron chi connectivity index (χ1n) is 2.95. The molecule has 0 amide bonds. The molecule has 0 aliphatic carbocycles. The zero-order chi connectivity index (χ0) is 8.27. The van der Waals surface area contributed by atoms with Crippen molar-refractivity contribution in [1.29, 1.82) is 0 Å². The zero-order valence-corrected chi connectivity index (χ0v) is 7.20. The van der Waals surface area contributed by atoms with Crippen molar-refractivity contribution in [3.05, 3.63) is 34.6 Å². The van der Waals surface area contributed by atoms with Gasteiger partial charge in [0.15, 0.2) is 0 Å². The van der Waals surface area contributed by atoms with Gasteiger partial charge in [-0.25, -0.2) is 4.39 Å². The Labute approximate surface area is 74.7 Å². The standard InChI is InChI=1S/C7H6ClFOS/c8-6-2-1-3-7(9)5(6)4-10-11/h1-3,11H,4H2. The van der Waals surface area contributed by atoms with Crippen molar-refractivity contribution in [2.75, 3.05) is 0 Å². The summed E-state index contributed by atoms with van der Waals surface area (Å²) >= 11 is 9.16. The van der Waals surface area contributed by atoms with Gasteiger partial charge in [-0.05, 0) is 25.0 Å². The lowest BCUT2D eigenvalue weighted by atomic mass is 10.2. The van der Waals surface area contributed by atoms with E-state index in [0.717, 1.165) is 0 Å². The van der Waals surface area contributed by atoms with Crippen LogP contribution in [0.25, 0.3) is 0 Å².